The van der Waals surface area contributed by atoms with Gasteiger partial charge in [0.2, 0.25) is 0 Å². The van der Waals surface area contributed by atoms with Gasteiger partial charge in [-0.2, -0.15) is 0 Å². The number of ether oxygens (including phenoxy) is 1. The van der Waals surface area contributed by atoms with Crippen molar-refractivity contribution in [3.8, 4) is 5.75 Å². The smallest absolute Gasteiger partial charge is 0.128 e. The zero-order chi connectivity index (χ0) is 10.1. The van der Waals surface area contributed by atoms with Crippen LogP contribution in [0, 0.1) is 0 Å². The van der Waals surface area contributed by atoms with Crippen molar-refractivity contribution < 1.29 is 4.74 Å². The molecule has 0 atom stereocenters. The van der Waals surface area contributed by atoms with E-state index >= 15 is 0 Å². The van der Waals surface area contributed by atoms with Crippen molar-refractivity contribution in [2.24, 2.45) is 0 Å². The Bertz CT molecular complexity index is 477. The Kier molecular flexibility index (Phi) is 2.22. The van der Waals surface area contributed by atoms with E-state index in [-0.39, 0.29) is 0 Å². The fourth-order valence-electron chi connectivity index (χ4n) is 1.50. The van der Waals surface area contributed by atoms with E-state index in [1.807, 2.05) is 24.3 Å². The normalized spacial score (nSPS) is 10.4. The molecule has 0 heterocycles. The van der Waals surface area contributed by atoms with Crippen LogP contribution < -0.4 is 10.5 Å². The van der Waals surface area contributed by atoms with Crippen molar-refractivity contribution in [1.29, 1.82) is 0 Å². The van der Waals surface area contributed by atoms with E-state index in [0.29, 0.717) is 10.7 Å². The molecule has 0 saturated carbocycles. The molecule has 0 spiro atoms. The molecule has 0 radical (unpaired) electrons. The van der Waals surface area contributed by atoms with Crippen molar-refractivity contribution in [1.82, 2.24) is 0 Å². The first-order valence-electron chi connectivity index (χ1n) is 4.23. The first kappa shape index (κ1) is 9.16. The van der Waals surface area contributed by atoms with E-state index in [9.17, 15) is 0 Å². The quantitative estimate of drug-likeness (QED) is 0.730. The van der Waals surface area contributed by atoms with Crippen LogP contribution in [-0.2, 0) is 0 Å². The summed E-state index contributed by atoms with van der Waals surface area (Å²) in [7, 11) is 1.63. The van der Waals surface area contributed by atoms with Crippen molar-refractivity contribution >= 4 is 28.1 Å². The maximum Gasteiger partial charge on any atom is 0.128 e. The van der Waals surface area contributed by atoms with E-state index in [1.54, 1.807) is 13.2 Å². The van der Waals surface area contributed by atoms with E-state index in [1.165, 1.54) is 0 Å². The Balaban J connectivity index is 2.81. The number of nitrogens with two attached hydrogens (primary N) is 1. The molecule has 72 valence electrons. The van der Waals surface area contributed by atoms with Gasteiger partial charge in [0.1, 0.15) is 5.75 Å². The Hall–Kier alpha value is -1.41. The number of nitrogen functional groups attached to an aromatic ring is 1. The largest absolute Gasteiger partial charge is 0.496 e. The monoisotopic (exact) mass is 207 g/mol. The number of fused-ring (bicyclic) bond motifs is 1. The Labute approximate surface area is 87.2 Å². The summed E-state index contributed by atoms with van der Waals surface area (Å²) in [6.45, 7) is 0. The zero-order valence-electron chi connectivity index (χ0n) is 7.75. The lowest BCUT2D eigenvalue weighted by Crippen LogP contribution is -1.89. The molecular weight excluding hydrogens is 198 g/mol. The van der Waals surface area contributed by atoms with Crippen LogP contribution in [-0.4, -0.2) is 7.11 Å². The number of rotatable bonds is 1. The average molecular weight is 208 g/mol. The molecule has 0 aliphatic heterocycles. The number of hydrogen-bond donors (Lipinski definition) is 1. The molecule has 0 aliphatic rings. The van der Waals surface area contributed by atoms with Gasteiger partial charge in [-0.25, -0.2) is 0 Å². The molecule has 0 aromatic heterocycles. The van der Waals surface area contributed by atoms with Gasteiger partial charge in [-0.1, -0.05) is 11.6 Å². The standard InChI is InChI=1S/C11H10ClNO/c1-14-11-6-9(13)5-7-4-8(12)2-3-10(7)11/h2-6H,13H2,1H3. The molecule has 14 heavy (non-hydrogen) atoms. The minimum atomic E-state index is 0.677. The summed E-state index contributed by atoms with van der Waals surface area (Å²) in [4.78, 5) is 0. The summed E-state index contributed by atoms with van der Waals surface area (Å²) in [6, 6.07) is 9.31. The third-order valence-electron chi connectivity index (χ3n) is 2.12. The Morgan fingerprint density at radius 2 is 2.00 bits per heavy atom. The van der Waals surface area contributed by atoms with Crippen LogP contribution in [0.2, 0.25) is 5.02 Å². The molecular formula is C11H10ClNO. The van der Waals surface area contributed by atoms with Gasteiger partial charge in [0.25, 0.3) is 0 Å². The molecule has 2 aromatic rings. The van der Waals surface area contributed by atoms with E-state index in [0.717, 1.165) is 16.5 Å². The lowest BCUT2D eigenvalue weighted by molar-refractivity contribution is 0.420. The second-order valence-electron chi connectivity index (χ2n) is 3.09. The highest BCUT2D eigenvalue weighted by molar-refractivity contribution is 6.31. The molecule has 0 aliphatic carbocycles. The predicted octanol–water partition coefficient (Wildman–Crippen LogP) is 3.08. The highest BCUT2D eigenvalue weighted by atomic mass is 35.5. The molecule has 2 rings (SSSR count). The maximum absolute atomic E-state index is 5.88. The van der Waals surface area contributed by atoms with E-state index < -0.39 is 0 Å². The number of anilines is 1. The van der Waals surface area contributed by atoms with Gasteiger partial charge in [0.05, 0.1) is 7.11 Å². The third kappa shape index (κ3) is 1.49. The number of methoxy groups -OCH3 is 1. The summed E-state index contributed by atoms with van der Waals surface area (Å²) in [5.41, 5.74) is 6.40. The lowest BCUT2D eigenvalue weighted by atomic mass is 10.1. The second-order valence-corrected chi connectivity index (χ2v) is 3.53. The topological polar surface area (TPSA) is 35.2 Å². The van der Waals surface area contributed by atoms with Gasteiger partial charge in [0.15, 0.2) is 0 Å². The van der Waals surface area contributed by atoms with Crippen molar-refractivity contribution in [2.45, 2.75) is 0 Å². The van der Waals surface area contributed by atoms with Crippen molar-refractivity contribution in [2.75, 3.05) is 12.8 Å². The predicted molar refractivity (Wildman–Crippen MR) is 59.9 cm³/mol. The molecule has 2 N–H and O–H groups in total. The van der Waals surface area contributed by atoms with Gasteiger partial charge in [-0.05, 0) is 29.7 Å². The maximum atomic E-state index is 5.88. The molecule has 2 aromatic carbocycles. The average Bonchev–Trinajstić information content (AvgIpc) is 2.15. The highest BCUT2D eigenvalue weighted by Crippen LogP contribution is 2.30. The first-order valence-corrected chi connectivity index (χ1v) is 4.61. The van der Waals surface area contributed by atoms with Crippen LogP contribution in [0.1, 0.15) is 0 Å². The van der Waals surface area contributed by atoms with Crippen LogP contribution >= 0.6 is 11.6 Å². The minimum absolute atomic E-state index is 0.677. The van der Waals surface area contributed by atoms with Crippen LogP contribution in [0.25, 0.3) is 10.8 Å². The van der Waals surface area contributed by atoms with Gasteiger partial charge in [-0.3, -0.25) is 0 Å². The van der Waals surface area contributed by atoms with Gasteiger partial charge in [-0.15, -0.1) is 0 Å². The number of halogens is 1. The number of benzene rings is 2. The molecule has 0 unspecified atom stereocenters. The van der Waals surface area contributed by atoms with Crippen molar-refractivity contribution in [3.05, 3.63) is 35.4 Å². The van der Waals surface area contributed by atoms with E-state index in [2.05, 4.69) is 0 Å². The summed E-state index contributed by atoms with van der Waals surface area (Å²) in [5, 5.41) is 2.71. The van der Waals surface area contributed by atoms with Crippen LogP contribution in [0.3, 0.4) is 0 Å². The molecule has 0 bridgehead atoms. The summed E-state index contributed by atoms with van der Waals surface area (Å²) >= 11 is 5.88. The summed E-state index contributed by atoms with van der Waals surface area (Å²) in [6.07, 6.45) is 0. The summed E-state index contributed by atoms with van der Waals surface area (Å²) in [5.74, 6) is 0.775. The molecule has 0 amide bonds. The van der Waals surface area contributed by atoms with Crippen LogP contribution in [0.5, 0.6) is 5.75 Å². The molecule has 3 heteroatoms. The molecule has 2 nitrogen and oxygen atoms in total. The van der Waals surface area contributed by atoms with Gasteiger partial charge in [0, 0.05) is 22.2 Å². The van der Waals surface area contributed by atoms with Crippen molar-refractivity contribution in [3.63, 3.8) is 0 Å². The SMILES string of the molecule is COc1cc(N)cc2cc(Cl)ccc12. The zero-order valence-corrected chi connectivity index (χ0v) is 8.51. The minimum Gasteiger partial charge on any atom is -0.496 e. The highest BCUT2D eigenvalue weighted by Gasteiger charge is 2.03. The van der Waals surface area contributed by atoms with Gasteiger partial charge < -0.3 is 10.5 Å². The fraction of sp³-hybridized carbons (Fsp3) is 0.0909. The van der Waals surface area contributed by atoms with Gasteiger partial charge >= 0.3 is 0 Å². The second kappa shape index (κ2) is 3.39. The van der Waals surface area contributed by atoms with Crippen LogP contribution in [0.15, 0.2) is 30.3 Å². The fourth-order valence-corrected chi connectivity index (χ4v) is 1.68. The lowest BCUT2D eigenvalue weighted by Gasteiger charge is -2.06. The van der Waals surface area contributed by atoms with Crippen LogP contribution in [0.4, 0.5) is 5.69 Å². The Morgan fingerprint density at radius 1 is 1.21 bits per heavy atom. The molecule has 0 saturated heterocycles. The summed E-state index contributed by atoms with van der Waals surface area (Å²) < 4.78 is 5.23. The Morgan fingerprint density at radius 3 is 2.71 bits per heavy atom. The third-order valence-corrected chi connectivity index (χ3v) is 2.35. The number of hydrogen-bond acceptors (Lipinski definition) is 2. The molecule has 0 fully saturated rings. The van der Waals surface area contributed by atoms with E-state index in [4.69, 9.17) is 22.1 Å². The first-order chi connectivity index (χ1) is 6.70.